The summed E-state index contributed by atoms with van der Waals surface area (Å²) in [6, 6.07) is 14.1. The highest BCUT2D eigenvalue weighted by Gasteiger charge is 2.19. The van der Waals surface area contributed by atoms with Gasteiger partial charge < -0.3 is 0 Å². The topological polar surface area (TPSA) is 81.2 Å². The van der Waals surface area contributed by atoms with Gasteiger partial charge in [0.1, 0.15) is 5.52 Å². The van der Waals surface area contributed by atoms with Gasteiger partial charge in [-0.1, -0.05) is 17.3 Å². The zero-order valence-corrected chi connectivity index (χ0v) is 14.1. The quantitative estimate of drug-likeness (QED) is 0.574. The van der Waals surface area contributed by atoms with Crippen molar-refractivity contribution in [3.05, 3.63) is 59.9 Å². The van der Waals surface area contributed by atoms with Crippen molar-refractivity contribution in [1.82, 2.24) is 25.0 Å². The minimum atomic E-state index is 0.0227. The van der Waals surface area contributed by atoms with Gasteiger partial charge in [-0.3, -0.25) is 4.98 Å². The van der Waals surface area contributed by atoms with Gasteiger partial charge in [0, 0.05) is 17.8 Å². The maximum Gasteiger partial charge on any atom is 0.179 e. The summed E-state index contributed by atoms with van der Waals surface area (Å²) in [6.07, 6.45) is 3.62. The molecule has 4 heterocycles. The summed E-state index contributed by atoms with van der Waals surface area (Å²) in [7, 11) is 0. The largest absolute Gasteiger partial charge is 0.256 e. The van der Waals surface area contributed by atoms with Gasteiger partial charge in [-0.15, -0.1) is 5.10 Å². The van der Waals surface area contributed by atoms with Crippen LogP contribution in [0.1, 0.15) is 24.1 Å². The molecule has 0 saturated carbocycles. The third kappa shape index (κ3) is 2.45. The average Bonchev–Trinajstić information content (AvgIpc) is 3.27. The Morgan fingerprint density at radius 2 is 2.00 bits per heavy atom. The molecule has 0 radical (unpaired) electrons. The van der Waals surface area contributed by atoms with Crippen molar-refractivity contribution in [3.63, 3.8) is 0 Å². The Labute approximate surface area is 149 Å². The lowest BCUT2D eigenvalue weighted by atomic mass is 10.0. The first-order valence-corrected chi connectivity index (χ1v) is 8.39. The minimum absolute atomic E-state index is 0.0227. The molecule has 3 aromatic heterocycles. The normalized spacial score (nSPS) is 16.5. The van der Waals surface area contributed by atoms with Crippen LogP contribution in [0, 0.1) is 0 Å². The number of fused-ring (bicyclic) bond motifs is 2. The fourth-order valence-corrected chi connectivity index (χ4v) is 3.20. The van der Waals surface area contributed by atoms with Crippen molar-refractivity contribution in [2.24, 2.45) is 10.2 Å². The van der Waals surface area contributed by atoms with Crippen LogP contribution in [0.5, 0.6) is 0 Å². The van der Waals surface area contributed by atoms with Crippen molar-refractivity contribution >= 4 is 34.0 Å². The van der Waals surface area contributed by atoms with Gasteiger partial charge >= 0.3 is 0 Å². The van der Waals surface area contributed by atoms with Crippen molar-refractivity contribution < 1.29 is 0 Å². The fourth-order valence-electron chi connectivity index (χ4n) is 3.20. The molecule has 0 spiro atoms. The highest BCUT2D eigenvalue weighted by atomic mass is 15.4. The molecule has 7 heteroatoms. The summed E-state index contributed by atoms with van der Waals surface area (Å²) in [5.41, 5.74) is 5.51. The predicted octanol–water partition coefficient (Wildman–Crippen LogP) is 2.97. The molecule has 0 fully saturated rings. The number of hydrogen-bond acceptors (Lipinski definition) is 6. The zero-order chi connectivity index (χ0) is 17.5. The number of hydrogen-bond donors (Lipinski definition) is 0. The zero-order valence-electron chi connectivity index (χ0n) is 14.1. The SMILES string of the molecule is CC1=NN=CC1c1ccc2nnn(Cc3ccc4ncccc4c3)c2n1. The van der Waals surface area contributed by atoms with Gasteiger partial charge in [-0.2, -0.15) is 10.2 Å². The van der Waals surface area contributed by atoms with E-state index < -0.39 is 0 Å². The van der Waals surface area contributed by atoms with Crippen LogP contribution in [0.15, 0.2) is 58.9 Å². The molecule has 1 aliphatic rings. The van der Waals surface area contributed by atoms with Crippen LogP contribution in [0.2, 0.25) is 0 Å². The van der Waals surface area contributed by atoms with E-state index in [4.69, 9.17) is 4.98 Å². The van der Waals surface area contributed by atoms with E-state index in [1.807, 2.05) is 42.1 Å². The van der Waals surface area contributed by atoms with Crippen LogP contribution >= 0.6 is 0 Å². The van der Waals surface area contributed by atoms with Crippen LogP contribution in [-0.4, -0.2) is 36.9 Å². The third-order valence-electron chi connectivity index (χ3n) is 4.58. The maximum atomic E-state index is 4.78. The van der Waals surface area contributed by atoms with Gasteiger partial charge in [0.2, 0.25) is 0 Å². The number of aromatic nitrogens is 5. The Balaban J connectivity index is 1.53. The molecule has 5 rings (SSSR count). The average molecular weight is 341 g/mol. The Hall–Kier alpha value is -3.48. The van der Waals surface area contributed by atoms with Gasteiger partial charge in [0.05, 0.1) is 29.4 Å². The van der Waals surface area contributed by atoms with Crippen LogP contribution in [0.25, 0.3) is 22.1 Å². The van der Waals surface area contributed by atoms with E-state index in [-0.39, 0.29) is 5.92 Å². The number of pyridine rings is 2. The van der Waals surface area contributed by atoms with Gasteiger partial charge in [-0.05, 0) is 42.8 Å². The van der Waals surface area contributed by atoms with E-state index in [0.29, 0.717) is 6.54 Å². The Kier molecular flexibility index (Phi) is 3.31. The molecule has 1 aromatic carbocycles. The molecule has 0 aliphatic carbocycles. The van der Waals surface area contributed by atoms with E-state index in [0.717, 1.165) is 39.0 Å². The third-order valence-corrected chi connectivity index (χ3v) is 4.58. The second kappa shape index (κ2) is 5.80. The molecule has 0 amide bonds. The van der Waals surface area contributed by atoms with Crippen LogP contribution in [-0.2, 0) is 6.54 Å². The van der Waals surface area contributed by atoms with E-state index in [2.05, 4.69) is 43.7 Å². The minimum Gasteiger partial charge on any atom is -0.256 e. The first-order chi connectivity index (χ1) is 12.8. The molecule has 0 saturated heterocycles. The van der Waals surface area contributed by atoms with Crippen molar-refractivity contribution in [2.75, 3.05) is 0 Å². The fraction of sp³-hybridized carbons (Fsp3) is 0.158. The Bertz CT molecular complexity index is 1190. The van der Waals surface area contributed by atoms with Crippen LogP contribution in [0.4, 0.5) is 0 Å². The van der Waals surface area contributed by atoms with Gasteiger partial charge in [0.15, 0.2) is 5.65 Å². The molecule has 26 heavy (non-hydrogen) atoms. The Morgan fingerprint density at radius 1 is 1.08 bits per heavy atom. The summed E-state index contributed by atoms with van der Waals surface area (Å²) < 4.78 is 1.83. The lowest BCUT2D eigenvalue weighted by Gasteiger charge is -2.08. The van der Waals surface area contributed by atoms with Gasteiger partial charge in [-0.25, -0.2) is 9.67 Å². The molecule has 0 N–H and O–H groups in total. The number of rotatable bonds is 3. The molecular formula is C19H15N7. The van der Waals surface area contributed by atoms with E-state index >= 15 is 0 Å². The lowest BCUT2D eigenvalue weighted by molar-refractivity contribution is 0.663. The lowest BCUT2D eigenvalue weighted by Crippen LogP contribution is -2.10. The summed E-state index contributed by atoms with van der Waals surface area (Å²) in [6.45, 7) is 2.56. The molecule has 4 aromatic rings. The van der Waals surface area contributed by atoms with E-state index in [1.54, 1.807) is 6.20 Å². The maximum absolute atomic E-state index is 4.78. The molecule has 126 valence electrons. The molecule has 1 aliphatic heterocycles. The summed E-state index contributed by atoms with van der Waals surface area (Å²) in [5.74, 6) is 0.0227. The Morgan fingerprint density at radius 3 is 2.88 bits per heavy atom. The first-order valence-electron chi connectivity index (χ1n) is 8.39. The van der Waals surface area contributed by atoms with Crippen molar-refractivity contribution in [2.45, 2.75) is 19.4 Å². The summed E-state index contributed by atoms with van der Waals surface area (Å²) in [5, 5.41) is 17.7. The highest BCUT2D eigenvalue weighted by Crippen LogP contribution is 2.21. The van der Waals surface area contributed by atoms with Crippen LogP contribution in [0.3, 0.4) is 0 Å². The van der Waals surface area contributed by atoms with E-state index in [9.17, 15) is 0 Å². The standard InChI is InChI=1S/C19H15N7/c1-12-15(10-21-23-12)17-6-7-18-19(22-17)26(25-24-18)11-13-4-5-16-14(9-13)3-2-8-20-16/h2-10,15H,11H2,1H3. The van der Waals surface area contributed by atoms with E-state index in [1.165, 1.54) is 0 Å². The van der Waals surface area contributed by atoms with Crippen molar-refractivity contribution in [3.8, 4) is 0 Å². The molecular weight excluding hydrogens is 326 g/mol. The molecule has 1 unspecified atom stereocenters. The molecule has 1 atom stereocenters. The first kappa shape index (κ1) is 14.8. The molecule has 7 nitrogen and oxygen atoms in total. The summed E-state index contributed by atoms with van der Waals surface area (Å²) in [4.78, 5) is 9.14. The highest BCUT2D eigenvalue weighted by molar-refractivity contribution is 6.04. The number of nitrogens with zero attached hydrogens (tertiary/aromatic N) is 7. The second-order valence-electron chi connectivity index (χ2n) is 6.34. The summed E-state index contributed by atoms with van der Waals surface area (Å²) >= 11 is 0. The smallest absolute Gasteiger partial charge is 0.179 e. The van der Waals surface area contributed by atoms with Crippen molar-refractivity contribution in [1.29, 1.82) is 0 Å². The monoisotopic (exact) mass is 341 g/mol. The second-order valence-corrected chi connectivity index (χ2v) is 6.34. The van der Waals surface area contributed by atoms with Gasteiger partial charge in [0.25, 0.3) is 0 Å². The number of benzene rings is 1. The molecule has 0 bridgehead atoms. The van der Waals surface area contributed by atoms with Crippen LogP contribution < -0.4 is 0 Å². The predicted molar refractivity (Wildman–Crippen MR) is 101 cm³/mol.